The molecule has 2 aromatic carbocycles. The van der Waals surface area contributed by atoms with E-state index in [0.717, 1.165) is 5.56 Å². The highest BCUT2D eigenvalue weighted by atomic mass is 35.5. The van der Waals surface area contributed by atoms with E-state index in [9.17, 15) is 9.59 Å². The fourth-order valence-corrected chi connectivity index (χ4v) is 2.76. The van der Waals surface area contributed by atoms with Crippen LogP contribution in [0.2, 0.25) is 10.0 Å². The lowest BCUT2D eigenvalue weighted by Gasteiger charge is -2.11. The molecule has 0 bridgehead atoms. The van der Waals surface area contributed by atoms with Crippen LogP contribution < -0.4 is 10.9 Å². The number of rotatable bonds is 4. The van der Waals surface area contributed by atoms with Crippen molar-refractivity contribution in [3.63, 3.8) is 0 Å². The maximum Gasteiger partial charge on any atom is 0.255 e. The second kappa shape index (κ2) is 7.55. The first-order chi connectivity index (χ1) is 12.0. The summed E-state index contributed by atoms with van der Waals surface area (Å²) in [6, 6.07) is 16.9. The van der Waals surface area contributed by atoms with E-state index in [4.69, 9.17) is 23.2 Å². The Labute approximate surface area is 154 Å². The Morgan fingerprint density at radius 2 is 1.80 bits per heavy atom. The zero-order valence-electron chi connectivity index (χ0n) is 13.1. The number of hydrogen-bond donors (Lipinski definition) is 1. The average Bonchev–Trinajstić information content (AvgIpc) is 2.60. The van der Waals surface area contributed by atoms with Gasteiger partial charge >= 0.3 is 0 Å². The standard InChI is InChI=1S/C19H14Cl2N2O2/c20-15-6-3-5-13(10-15)19(25)22-16-8-9-18(24)23(12-16)11-14-4-1-2-7-17(14)21/h1-10,12H,11H2,(H,22,25). The highest BCUT2D eigenvalue weighted by Gasteiger charge is 2.08. The lowest BCUT2D eigenvalue weighted by atomic mass is 10.2. The number of carbonyl (C=O) groups excluding carboxylic acids is 1. The Kier molecular flexibility index (Phi) is 5.22. The Hall–Kier alpha value is -2.56. The zero-order valence-corrected chi connectivity index (χ0v) is 14.6. The molecule has 4 nitrogen and oxygen atoms in total. The third kappa shape index (κ3) is 4.29. The van der Waals surface area contributed by atoms with Gasteiger partial charge in [-0.25, -0.2) is 0 Å². The number of nitrogens with one attached hydrogen (secondary N) is 1. The Balaban J connectivity index is 1.83. The molecule has 0 unspecified atom stereocenters. The molecule has 6 heteroatoms. The molecule has 0 saturated heterocycles. The van der Waals surface area contributed by atoms with E-state index in [2.05, 4.69) is 5.32 Å². The lowest BCUT2D eigenvalue weighted by Crippen LogP contribution is -2.21. The molecule has 1 amide bonds. The molecule has 0 atom stereocenters. The topological polar surface area (TPSA) is 51.1 Å². The van der Waals surface area contributed by atoms with Gasteiger partial charge in [0.1, 0.15) is 0 Å². The van der Waals surface area contributed by atoms with Crippen LogP contribution in [0.15, 0.2) is 71.7 Å². The third-order valence-corrected chi connectivity index (χ3v) is 4.23. The van der Waals surface area contributed by atoms with Gasteiger partial charge in [0, 0.05) is 27.9 Å². The van der Waals surface area contributed by atoms with E-state index in [-0.39, 0.29) is 11.5 Å². The molecule has 3 rings (SSSR count). The molecule has 0 aliphatic heterocycles. The van der Waals surface area contributed by atoms with Gasteiger partial charge in [-0.2, -0.15) is 0 Å². The second-order valence-corrected chi connectivity index (χ2v) is 6.28. The number of nitrogens with zero attached hydrogens (tertiary/aromatic N) is 1. The number of amides is 1. The normalized spacial score (nSPS) is 10.5. The Bertz CT molecular complexity index is 983. The number of benzene rings is 2. The van der Waals surface area contributed by atoms with Crippen LogP contribution in [-0.4, -0.2) is 10.5 Å². The minimum absolute atomic E-state index is 0.180. The van der Waals surface area contributed by atoms with Crippen molar-refractivity contribution in [2.45, 2.75) is 6.54 Å². The minimum Gasteiger partial charge on any atom is -0.321 e. The van der Waals surface area contributed by atoms with Crippen LogP contribution in [-0.2, 0) is 6.54 Å². The number of anilines is 1. The van der Waals surface area contributed by atoms with Crippen molar-refractivity contribution in [2.75, 3.05) is 5.32 Å². The summed E-state index contributed by atoms with van der Waals surface area (Å²) in [6.45, 7) is 0.319. The highest BCUT2D eigenvalue weighted by molar-refractivity contribution is 6.31. The number of halogens is 2. The van der Waals surface area contributed by atoms with Crippen molar-refractivity contribution in [3.8, 4) is 0 Å². The van der Waals surface area contributed by atoms with Gasteiger partial charge in [-0.15, -0.1) is 0 Å². The van der Waals surface area contributed by atoms with Gasteiger partial charge in [0.15, 0.2) is 0 Å². The van der Waals surface area contributed by atoms with E-state index in [1.165, 1.54) is 10.6 Å². The summed E-state index contributed by atoms with van der Waals surface area (Å²) in [4.78, 5) is 24.4. The monoisotopic (exact) mass is 372 g/mol. The molecule has 0 spiro atoms. The molecule has 0 aliphatic rings. The fourth-order valence-electron chi connectivity index (χ4n) is 2.37. The number of carbonyl (C=O) groups is 1. The molecular formula is C19H14Cl2N2O2. The van der Waals surface area contributed by atoms with Crippen molar-refractivity contribution in [1.82, 2.24) is 4.57 Å². The highest BCUT2D eigenvalue weighted by Crippen LogP contribution is 2.17. The summed E-state index contributed by atoms with van der Waals surface area (Å²) in [6.07, 6.45) is 1.59. The van der Waals surface area contributed by atoms with Gasteiger partial charge in [0.05, 0.1) is 12.2 Å². The molecule has 25 heavy (non-hydrogen) atoms. The lowest BCUT2D eigenvalue weighted by molar-refractivity contribution is 0.102. The van der Waals surface area contributed by atoms with Crippen LogP contribution in [0.5, 0.6) is 0 Å². The summed E-state index contributed by atoms with van der Waals surface area (Å²) in [7, 11) is 0. The van der Waals surface area contributed by atoms with Crippen LogP contribution in [0.3, 0.4) is 0 Å². The molecule has 0 saturated carbocycles. The van der Waals surface area contributed by atoms with Crippen LogP contribution in [0.4, 0.5) is 5.69 Å². The predicted octanol–water partition coefficient (Wildman–Crippen LogP) is 4.46. The number of pyridine rings is 1. The van der Waals surface area contributed by atoms with Crippen molar-refractivity contribution >= 4 is 34.8 Å². The third-order valence-electron chi connectivity index (χ3n) is 3.63. The van der Waals surface area contributed by atoms with Crippen molar-refractivity contribution < 1.29 is 4.79 Å². The Morgan fingerprint density at radius 3 is 2.56 bits per heavy atom. The smallest absolute Gasteiger partial charge is 0.255 e. The van der Waals surface area contributed by atoms with Crippen LogP contribution in [0.1, 0.15) is 15.9 Å². The molecule has 0 aliphatic carbocycles. The predicted molar refractivity (Wildman–Crippen MR) is 101 cm³/mol. The molecule has 1 aromatic heterocycles. The molecule has 1 N–H and O–H groups in total. The van der Waals surface area contributed by atoms with E-state index in [1.807, 2.05) is 18.2 Å². The molecule has 126 valence electrons. The summed E-state index contributed by atoms with van der Waals surface area (Å²) in [5.41, 5.74) is 1.60. The number of aromatic nitrogens is 1. The minimum atomic E-state index is -0.301. The summed E-state index contributed by atoms with van der Waals surface area (Å²) >= 11 is 12.1. The maximum absolute atomic E-state index is 12.3. The van der Waals surface area contributed by atoms with Gasteiger partial charge in [0.25, 0.3) is 11.5 Å². The van der Waals surface area contributed by atoms with Crippen molar-refractivity contribution in [1.29, 1.82) is 0 Å². The van der Waals surface area contributed by atoms with Gasteiger partial charge in [0.2, 0.25) is 0 Å². The van der Waals surface area contributed by atoms with Gasteiger partial charge in [-0.3, -0.25) is 9.59 Å². The van der Waals surface area contributed by atoms with E-state index in [0.29, 0.717) is 27.8 Å². The summed E-state index contributed by atoms with van der Waals surface area (Å²) in [5.74, 6) is -0.301. The molecule has 1 heterocycles. The second-order valence-electron chi connectivity index (χ2n) is 5.44. The summed E-state index contributed by atoms with van der Waals surface area (Å²) in [5, 5.41) is 3.83. The van der Waals surface area contributed by atoms with Crippen LogP contribution in [0.25, 0.3) is 0 Å². The molecule has 0 fully saturated rings. The van der Waals surface area contributed by atoms with Gasteiger partial charge in [-0.1, -0.05) is 47.5 Å². The molecule has 0 radical (unpaired) electrons. The maximum atomic E-state index is 12.3. The summed E-state index contributed by atoms with van der Waals surface area (Å²) < 4.78 is 1.49. The van der Waals surface area contributed by atoms with Crippen molar-refractivity contribution in [2.24, 2.45) is 0 Å². The first-order valence-corrected chi connectivity index (χ1v) is 8.29. The number of hydrogen-bond acceptors (Lipinski definition) is 2. The van der Waals surface area contributed by atoms with Gasteiger partial charge in [-0.05, 0) is 35.9 Å². The van der Waals surface area contributed by atoms with E-state index >= 15 is 0 Å². The average molecular weight is 373 g/mol. The largest absolute Gasteiger partial charge is 0.321 e. The zero-order chi connectivity index (χ0) is 17.8. The fraction of sp³-hybridized carbons (Fsp3) is 0.0526. The Morgan fingerprint density at radius 1 is 1.00 bits per heavy atom. The molecule has 3 aromatic rings. The first-order valence-electron chi connectivity index (χ1n) is 7.54. The van der Waals surface area contributed by atoms with Gasteiger partial charge < -0.3 is 9.88 Å². The molecular weight excluding hydrogens is 359 g/mol. The van der Waals surface area contributed by atoms with E-state index < -0.39 is 0 Å². The van der Waals surface area contributed by atoms with E-state index in [1.54, 1.807) is 42.6 Å². The first kappa shape index (κ1) is 17.3. The SMILES string of the molecule is O=C(Nc1ccc(=O)n(Cc2ccccc2Cl)c1)c1cccc(Cl)c1. The van der Waals surface area contributed by atoms with Crippen LogP contribution in [0, 0.1) is 0 Å². The quantitative estimate of drug-likeness (QED) is 0.734. The van der Waals surface area contributed by atoms with Crippen molar-refractivity contribution in [3.05, 3.63) is 98.4 Å². The van der Waals surface area contributed by atoms with Crippen LogP contribution >= 0.6 is 23.2 Å².